The first-order valence-electron chi connectivity index (χ1n) is 5.52. The van der Waals surface area contributed by atoms with Gasteiger partial charge in [-0.3, -0.25) is 13.8 Å². The van der Waals surface area contributed by atoms with Crippen LogP contribution in [-0.2, 0) is 20.4 Å². The molecule has 17 heavy (non-hydrogen) atoms. The summed E-state index contributed by atoms with van der Waals surface area (Å²) in [5.41, 5.74) is 0. The molecule has 6 heteroatoms. The highest BCUT2D eigenvalue weighted by atomic mass is 32.2. The zero-order chi connectivity index (χ0) is 13.8. The van der Waals surface area contributed by atoms with E-state index in [2.05, 4.69) is 5.32 Å². The van der Waals surface area contributed by atoms with Crippen LogP contribution in [0.15, 0.2) is 0 Å². The first-order valence-corrected chi connectivity index (χ1v) is 6.73. The molecular formula is C11H21NO4S. The molecule has 0 bridgehead atoms. The fraction of sp³-hybridized carbons (Fsp3) is 0.818. The molecule has 0 aromatic heterocycles. The molecule has 0 spiro atoms. The molecule has 0 aliphatic carbocycles. The van der Waals surface area contributed by atoms with E-state index in [1.165, 1.54) is 20.8 Å². The molecule has 0 radical (unpaired) electrons. The second kappa shape index (κ2) is 6.14. The SMILES string of the molecule is CC(C)CNC(=O)C(C)S(=O)C(C)(C)C(=O)O. The molecule has 0 heterocycles. The molecular weight excluding hydrogens is 242 g/mol. The Morgan fingerprint density at radius 2 is 1.76 bits per heavy atom. The predicted octanol–water partition coefficient (Wildman–Crippen LogP) is 0.759. The third kappa shape index (κ3) is 4.46. The van der Waals surface area contributed by atoms with Crippen molar-refractivity contribution in [3.63, 3.8) is 0 Å². The maximum Gasteiger partial charge on any atom is 0.321 e. The van der Waals surface area contributed by atoms with Gasteiger partial charge >= 0.3 is 5.97 Å². The van der Waals surface area contributed by atoms with Crippen LogP contribution >= 0.6 is 0 Å². The van der Waals surface area contributed by atoms with Crippen LogP contribution in [0.25, 0.3) is 0 Å². The number of amides is 1. The van der Waals surface area contributed by atoms with Crippen LogP contribution in [0.5, 0.6) is 0 Å². The Bertz CT molecular complexity index is 325. The lowest BCUT2D eigenvalue weighted by molar-refractivity contribution is -0.139. The quantitative estimate of drug-likeness (QED) is 0.741. The molecule has 0 rings (SSSR count). The molecule has 0 aromatic rings. The van der Waals surface area contributed by atoms with E-state index in [0.717, 1.165) is 0 Å². The van der Waals surface area contributed by atoms with Gasteiger partial charge in [0.2, 0.25) is 5.91 Å². The fourth-order valence-electron chi connectivity index (χ4n) is 1.07. The van der Waals surface area contributed by atoms with Gasteiger partial charge in [0.05, 0.1) is 10.8 Å². The van der Waals surface area contributed by atoms with Crippen molar-refractivity contribution in [3.05, 3.63) is 0 Å². The number of nitrogens with one attached hydrogen (secondary N) is 1. The third-order valence-electron chi connectivity index (χ3n) is 2.39. The summed E-state index contributed by atoms with van der Waals surface area (Å²) < 4.78 is 10.5. The maximum absolute atomic E-state index is 12.0. The van der Waals surface area contributed by atoms with Gasteiger partial charge < -0.3 is 10.4 Å². The lowest BCUT2D eigenvalue weighted by Gasteiger charge is -2.22. The number of hydrogen-bond donors (Lipinski definition) is 2. The first kappa shape index (κ1) is 16.1. The first-order chi connectivity index (χ1) is 7.60. The molecule has 2 unspecified atom stereocenters. The van der Waals surface area contributed by atoms with Crippen molar-refractivity contribution < 1.29 is 18.9 Å². The predicted molar refractivity (Wildman–Crippen MR) is 67.2 cm³/mol. The Kier molecular flexibility index (Phi) is 5.81. The Labute approximate surface area is 104 Å². The van der Waals surface area contributed by atoms with Gasteiger partial charge in [0.15, 0.2) is 0 Å². The number of aliphatic carboxylic acids is 1. The highest BCUT2D eigenvalue weighted by molar-refractivity contribution is 7.88. The summed E-state index contributed by atoms with van der Waals surface area (Å²) in [7, 11) is -1.76. The lowest BCUT2D eigenvalue weighted by Crippen LogP contribution is -2.46. The normalized spacial score (nSPS) is 15.4. The summed E-state index contributed by atoms with van der Waals surface area (Å²) in [5.74, 6) is -1.24. The Morgan fingerprint density at radius 1 is 1.29 bits per heavy atom. The van der Waals surface area contributed by atoms with Gasteiger partial charge in [0.1, 0.15) is 10.00 Å². The number of carbonyl (C=O) groups is 2. The molecule has 0 saturated heterocycles. The number of carboxylic acid groups (broad SMARTS) is 1. The highest BCUT2D eigenvalue weighted by Gasteiger charge is 2.39. The number of hydrogen-bond acceptors (Lipinski definition) is 3. The summed E-state index contributed by atoms with van der Waals surface area (Å²) in [6.45, 7) is 8.59. The number of carbonyl (C=O) groups excluding carboxylic acids is 1. The monoisotopic (exact) mass is 263 g/mol. The summed E-state index contributed by atoms with van der Waals surface area (Å²) in [4.78, 5) is 22.6. The maximum atomic E-state index is 12.0. The average molecular weight is 263 g/mol. The van der Waals surface area contributed by atoms with E-state index in [9.17, 15) is 13.8 Å². The van der Waals surface area contributed by atoms with Crippen molar-refractivity contribution in [1.82, 2.24) is 5.32 Å². The van der Waals surface area contributed by atoms with Crippen LogP contribution in [0.3, 0.4) is 0 Å². The molecule has 1 amide bonds. The number of rotatable bonds is 6. The van der Waals surface area contributed by atoms with Gasteiger partial charge in [-0.15, -0.1) is 0 Å². The Hall–Kier alpha value is -0.910. The van der Waals surface area contributed by atoms with Gasteiger partial charge in [0, 0.05) is 6.54 Å². The zero-order valence-electron chi connectivity index (χ0n) is 10.9. The number of carboxylic acids is 1. The van der Waals surface area contributed by atoms with E-state index in [4.69, 9.17) is 5.11 Å². The van der Waals surface area contributed by atoms with E-state index in [-0.39, 0.29) is 5.91 Å². The zero-order valence-corrected chi connectivity index (χ0v) is 11.8. The highest BCUT2D eigenvalue weighted by Crippen LogP contribution is 2.17. The van der Waals surface area contributed by atoms with Crippen molar-refractivity contribution in [2.45, 2.75) is 44.6 Å². The minimum atomic E-state index is -1.76. The Balaban J connectivity index is 4.60. The second-order valence-electron chi connectivity index (χ2n) is 4.89. The van der Waals surface area contributed by atoms with Crippen molar-refractivity contribution in [1.29, 1.82) is 0 Å². The molecule has 0 saturated carbocycles. The minimum Gasteiger partial charge on any atom is -0.480 e. The molecule has 0 aliphatic heterocycles. The standard InChI is InChI=1S/C11H21NO4S/c1-7(2)6-12-9(13)8(3)17(16)11(4,5)10(14)15/h7-8H,6H2,1-5H3,(H,12,13)(H,14,15). The molecule has 2 atom stereocenters. The summed E-state index contributed by atoms with van der Waals surface area (Å²) >= 11 is 0. The second-order valence-corrected chi connectivity index (χ2v) is 7.22. The van der Waals surface area contributed by atoms with E-state index >= 15 is 0 Å². The molecule has 100 valence electrons. The largest absolute Gasteiger partial charge is 0.480 e. The van der Waals surface area contributed by atoms with Crippen LogP contribution in [0, 0.1) is 5.92 Å². The third-order valence-corrected chi connectivity index (χ3v) is 4.43. The van der Waals surface area contributed by atoms with Crippen LogP contribution in [-0.4, -0.2) is 37.7 Å². The summed E-state index contributed by atoms with van der Waals surface area (Å²) in [6, 6.07) is 0. The van der Waals surface area contributed by atoms with Crippen molar-refractivity contribution in [2.75, 3.05) is 6.54 Å². The average Bonchev–Trinajstić information content (AvgIpc) is 2.23. The van der Waals surface area contributed by atoms with Gasteiger partial charge in [-0.25, -0.2) is 0 Å². The molecule has 0 aromatic carbocycles. The van der Waals surface area contributed by atoms with Gasteiger partial charge in [-0.1, -0.05) is 13.8 Å². The van der Waals surface area contributed by atoms with Gasteiger partial charge in [-0.05, 0) is 26.7 Å². The van der Waals surface area contributed by atoms with Crippen molar-refractivity contribution in [3.8, 4) is 0 Å². The molecule has 2 N–H and O–H groups in total. The topological polar surface area (TPSA) is 83.5 Å². The van der Waals surface area contributed by atoms with E-state index in [0.29, 0.717) is 12.5 Å². The van der Waals surface area contributed by atoms with Crippen LogP contribution in [0.1, 0.15) is 34.6 Å². The van der Waals surface area contributed by atoms with Crippen molar-refractivity contribution in [2.24, 2.45) is 5.92 Å². The fourth-order valence-corrected chi connectivity index (χ4v) is 2.41. The van der Waals surface area contributed by atoms with E-state index in [1.54, 1.807) is 0 Å². The lowest BCUT2D eigenvalue weighted by atomic mass is 10.2. The molecule has 5 nitrogen and oxygen atoms in total. The summed E-state index contributed by atoms with van der Waals surface area (Å²) in [5, 5.41) is 10.8. The minimum absolute atomic E-state index is 0.298. The van der Waals surface area contributed by atoms with Crippen LogP contribution < -0.4 is 5.32 Å². The van der Waals surface area contributed by atoms with Crippen LogP contribution in [0.2, 0.25) is 0 Å². The smallest absolute Gasteiger partial charge is 0.321 e. The molecule has 0 aliphatic rings. The van der Waals surface area contributed by atoms with Gasteiger partial charge in [0.25, 0.3) is 0 Å². The summed E-state index contributed by atoms with van der Waals surface area (Å²) in [6.07, 6.45) is 0. The van der Waals surface area contributed by atoms with Crippen LogP contribution in [0.4, 0.5) is 0 Å². The molecule has 0 fully saturated rings. The van der Waals surface area contributed by atoms with E-state index < -0.39 is 26.8 Å². The Morgan fingerprint density at radius 3 is 2.12 bits per heavy atom. The van der Waals surface area contributed by atoms with Gasteiger partial charge in [-0.2, -0.15) is 0 Å². The van der Waals surface area contributed by atoms with E-state index in [1.807, 2.05) is 13.8 Å². The van der Waals surface area contributed by atoms with Crippen molar-refractivity contribution >= 4 is 22.7 Å².